The Kier molecular flexibility index (Phi) is 10.1. The Balaban J connectivity index is 2.06. The van der Waals surface area contributed by atoms with Crippen molar-refractivity contribution >= 4 is 50.7 Å². The third-order valence-electron chi connectivity index (χ3n) is 5.97. The molecule has 0 heterocycles. The molecule has 214 valence electrons. The summed E-state index contributed by atoms with van der Waals surface area (Å²) < 4.78 is 33.9. The molecule has 0 saturated heterocycles. The number of ether oxygens (including phenoxy) is 1. The molecule has 3 rings (SSSR count). The zero-order valence-corrected chi connectivity index (χ0v) is 25.3. The summed E-state index contributed by atoms with van der Waals surface area (Å²) in [4.78, 5) is 28.4. The summed E-state index contributed by atoms with van der Waals surface area (Å²) in [6.45, 7) is 6.59. The van der Waals surface area contributed by atoms with E-state index in [0.29, 0.717) is 10.8 Å². The predicted octanol–water partition coefficient (Wildman–Crippen LogP) is 5.53. The van der Waals surface area contributed by atoms with Gasteiger partial charge in [0.05, 0.1) is 22.7 Å². The van der Waals surface area contributed by atoms with Gasteiger partial charge in [-0.05, 0) is 75.7 Å². The maximum absolute atomic E-state index is 14.0. The third-order valence-corrected chi connectivity index (χ3v) is 8.30. The molecule has 0 unspecified atom stereocenters. The number of hydrogen-bond acceptors (Lipinski definition) is 5. The lowest BCUT2D eigenvalue weighted by molar-refractivity contribution is -0.140. The van der Waals surface area contributed by atoms with Gasteiger partial charge in [0.15, 0.2) is 0 Å². The highest BCUT2D eigenvalue weighted by molar-refractivity contribution is 7.92. The van der Waals surface area contributed by atoms with E-state index in [-0.39, 0.29) is 28.1 Å². The van der Waals surface area contributed by atoms with E-state index in [9.17, 15) is 18.0 Å². The van der Waals surface area contributed by atoms with Crippen LogP contribution in [0.3, 0.4) is 0 Å². The van der Waals surface area contributed by atoms with Crippen LogP contribution in [0.5, 0.6) is 5.75 Å². The van der Waals surface area contributed by atoms with Gasteiger partial charge in [0.25, 0.3) is 10.0 Å². The van der Waals surface area contributed by atoms with E-state index in [2.05, 4.69) is 5.32 Å². The minimum Gasteiger partial charge on any atom is -0.495 e. The average molecular weight is 607 g/mol. The van der Waals surface area contributed by atoms with Crippen molar-refractivity contribution < 1.29 is 22.7 Å². The Bertz CT molecular complexity index is 1440. The van der Waals surface area contributed by atoms with E-state index < -0.39 is 34.1 Å². The van der Waals surface area contributed by atoms with Crippen molar-refractivity contribution in [2.45, 2.75) is 50.7 Å². The molecule has 3 aromatic rings. The SMILES string of the molecule is COc1ccc(N(CC(=O)N(Cc2ccc(Cl)cc2)[C@@H](C)C(=O)NC(C)(C)C)S(=O)(=O)c2ccccc2)cc1Cl. The van der Waals surface area contributed by atoms with Gasteiger partial charge in [-0.1, -0.05) is 53.5 Å². The quantitative estimate of drug-likeness (QED) is 0.328. The number of sulfonamides is 1. The lowest BCUT2D eigenvalue weighted by atomic mass is 10.1. The van der Waals surface area contributed by atoms with Gasteiger partial charge in [-0.25, -0.2) is 8.42 Å². The third kappa shape index (κ3) is 7.90. The molecule has 3 aromatic carbocycles. The molecule has 0 aliphatic rings. The Morgan fingerprint density at radius 3 is 2.15 bits per heavy atom. The van der Waals surface area contributed by atoms with Gasteiger partial charge in [-0.3, -0.25) is 13.9 Å². The van der Waals surface area contributed by atoms with Crippen LogP contribution in [0.25, 0.3) is 0 Å². The molecule has 0 saturated carbocycles. The van der Waals surface area contributed by atoms with Gasteiger partial charge >= 0.3 is 0 Å². The second-order valence-corrected chi connectivity index (χ2v) is 12.9. The minimum atomic E-state index is -4.20. The largest absolute Gasteiger partial charge is 0.495 e. The van der Waals surface area contributed by atoms with Crippen LogP contribution in [-0.2, 0) is 26.2 Å². The van der Waals surface area contributed by atoms with E-state index in [1.165, 1.54) is 42.3 Å². The first-order valence-electron chi connectivity index (χ1n) is 12.5. The highest BCUT2D eigenvalue weighted by atomic mass is 35.5. The predicted molar refractivity (Wildman–Crippen MR) is 158 cm³/mol. The van der Waals surface area contributed by atoms with Gasteiger partial charge < -0.3 is 15.0 Å². The molecule has 0 aliphatic carbocycles. The zero-order chi connectivity index (χ0) is 29.7. The molecule has 2 amide bonds. The van der Waals surface area contributed by atoms with Gasteiger partial charge in [0.2, 0.25) is 11.8 Å². The van der Waals surface area contributed by atoms with Crippen LogP contribution < -0.4 is 14.4 Å². The smallest absolute Gasteiger partial charge is 0.264 e. The average Bonchev–Trinajstić information content (AvgIpc) is 2.90. The van der Waals surface area contributed by atoms with Crippen molar-refractivity contribution in [3.05, 3.63) is 88.4 Å². The standard InChI is InChI=1S/C29H33Cl2N3O5S/c1-20(28(36)32-29(2,3)4)33(18-21-11-13-22(30)14-12-21)27(35)19-34(23-15-16-26(39-5)25(31)17-23)40(37,38)24-9-7-6-8-10-24/h6-17,20H,18-19H2,1-5H3,(H,32,36)/t20-/m0/s1. The van der Waals surface area contributed by atoms with E-state index >= 15 is 0 Å². The molecule has 11 heteroatoms. The van der Waals surface area contributed by atoms with Gasteiger partial charge in [0.1, 0.15) is 18.3 Å². The number of halogens is 2. The van der Waals surface area contributed by atoms with E-state index in [4.69, 9.17) is 27.9 Å². The fourth-order valence-corrected chi connectivity index (χ4v) is 5.71. The van der Waals surface area contributed by atoms with Crippen LogP contribution in [0.15, 0.2) is 77.7 Å². The summed E-state index contributed by atoms with van der Waals surface area (Å²) >= 11 is 12.4. The Labute approximate surface area is 245 Å². The van der Waals surface area contributed by atoms with E-state index in [1.54, 1.807) is 49.4 Å². The number of anilines is 1. The van der Waals surface area contributed by atoms with Gasteiger partial charge in [-0.15, -0.1) is 0 Å². The molecule has 0 aromatic heterocycles. The first-order valence-corrected chi connectivity index (χ1v) is 14.7. The van der Waals surface area contributed by atoms with Crippen LogP contribution in [0, 0.1) is 0 Å². The number of nitrogens with zero attached hydrogens (tertiary/aromatic N) is 2. The van der Waals surface area contributed by atoms with Crippen LogP contribution in [0.1, 0.15) is 33.3 Å². The van der Waals surface area contributed by atoms with Crippen molar-refractivity contribution in [3.63, 3.8) is 0 Å². The van der Waals surface area contributed by atoms with Gasteiger partial charge in [0, 0.05) is 17.1 Å². The molecular formula is C29H33Cl2N3O5S. The molecule has 0 fully saturated rings. The van der Waals surface area contributed by atoms with Gasteiger partial charge in [-0.2, -0.15) is 0 Å². The fraction of sp³-hybridized carbons (Fsp3) is 0.310. The highest BCUT2D eigenvalue weighted by Gasteiger charge is 2.33. The summed E-state index contributed by atoms with van der Waals surface area (Å²) in [5.41, 5.74) is 0.349. The summed E-state index contributed by atoms with van der Waals surface area (Å²) in [5, 5.41) is 3.60. The van der Waals surface area contributed by atoms with E-state index in [1.807, 2.05) is 20.8 Å². The number of hydrogen-bond donors (Lipinski definition) is 1. The molecule has 8 nitrogen and oxygen atoms in total. The molecule has 0 bridgehead atoms. The van der Waals surface area contributed by atoms with E-state index in [0.717, 1.165) is 9.87 Å². The molecule has 40 heavy (non-hydrogen) atoms. The second kappa shape index (κ2) is 12.9. The summed E-state index contributed by atoms with van der Waals surface area (Å²) in [6, 6.07) is 18.2. The van der Waals surface area contributed by atoms with Crippen LogP contribution in [0.4, 0.5) is 5.69 Å². The number of amides is 2. The molecule has 0 radical (unpaired) electrons. The second-order valence-electron chi connectivity index (χ2n) is 10.2. The minimum absolute atomic E-state index is 0.00230. The monoisotopic (exact) mass is 605 g/mol. The fourth-order valence-electron chi connectivity index (χ4n) is 3.90. The maximum Gasteiger partial charge on any atom is 0.264 e. The van der Waals surface area contributed by atoms with Crippen LogP contribution in [-0.4, -0.2) is 50.4 Å². The van der Waals surface area contributed by atoms with Crippen molar-refractivity contribution in [1.29, 1.82) is 0 Å². The molecular weight excluding hydrogens is 573 g/mol. The Morgan fingerprint density at radius 1 is 0.975 bits per heavy atom. The maximum atomic E-state index is 14.0. The summed E-state index contributed by atoms with van der Waals surface area (Å²) in [6.07, 6.45) is 0. The normalized spacial score (nSPS) is 12.4. The Morgan fingerprint density at radius 2 is 1.60 bits per heavy atom. The lowest BCUT2D eigenvalue weighted by Crippen LogP contribution is -2.54. The number of rotatable bonds is 10. The molecule has 0 aliphatic heterocycles. The first-order chi connectivity index (χ1) is 18.7. The first kappa shape index (κ1) is 31.3. The number of carbonyl (C=O) groups is 2. The lowest BCUT2D eigenvalue weighted by Gasteiger charge is -2.33. The van der Waals surface area contributed by atoms with Crippen molar-refractivity contribution in [2.75, 3.05) is 18.0 Å². The molecule has 1 atom stereocenters. The number of methoxy groups -OCH3 is 1. The van der Waals surface area contributed by atoms with Crippen molar-refractivity contribution in [2.24, 2.45) is 0 Å². The van der Waals surface area contributed by atoms with Crippen LogP contribution in [0.2, 0.25) is 10.0 Å². The number of carbonyl (C=O) groups excluding carboxylic acids is 2. The van der Waals surface area contributed by atoms with Crippen molar-refractivity contribution in [3.8, 4) is 5.75 Å². The highest BCUT2D eigenvalue weighted by Crippen LogP contribution is 2.32. The summed E-state index contributed by atoms with van der Waals surface area (Å²) in [5.74, 6) is -0.608. The number of nitrogens with one attached hydrogen (secondary N) is 1. The summed E-state index contributed by atoms with van der Waals surface area (Å²) in [7, 11) is -2.76. The van der Waals surface area contributed by atoms with Crippen LogP contribution >= 0.6 is 23.2 Å². The molecule has 1 N–H and O–H groups in total. The molecule has 0 spiro atoms. The Hall–Kier alpha value is -3.27. The zero-order valence-electron chi connectivity index (χ0n) is 23.0. The number of benzene rings is 3. The topological polar surface area (TPSA) is 96.0 Å². The van der Waals surface area contributed by atoms with Crippen molar-refractivity contribution in [1.82, 2.24) is 10.2 Å².